The Hall–Kier alpha value is -1.80. The first-order chi connectivity index (χ1) is 8.72. The molecule has 0 bridgehead atoms. The molecule has 1 saturated heterocycles. The molecule has 0 radical (unpaired) electrons. The third kappa shape index (κ3) is 2.12. The molecule has 0 spiro atoms. The average molecular weight is 265 g/mol. The summed E-state index contributed by atoms with van der Waals surface area (Å²) in [4.78, 5) is 17.2. The van der Waals surface area contributed by atoms with E-state index in [1.165, 1.54) is 6.20 Å². The molecule has 18 heavy (non-hydrogen) atoms. The molecule has 8 heteroatoms. The van der Waals surface area contributed by atoms with Gasteiger partial charge in [-0.15, -0.1) is 16.4 Å². The number of hydrogen-bond acceptors (Lipinski definition) is 6. The van der Waals surface area contributed by atoms with Crippen LogP contribution in [0.25, 0.3) is 0 Å². The topological polar surface area (TPSA) is 84.1 Å². The number of hydrogen-bond donors (Lipinski definition) is 1. The Morgan fingerprint density at radius 3 is 3.00 bits per heavy atom. The lowest BCUT2D eigenvalue weighted by atomic mass is 10.1. The zero-order chi connectivity index (χ0) is 12.5. The minimum absolute atomic E-state index is 0.00653. The van der Waals surface area contributed by atoms with Crippen molar-refractivity contribution in [3.63, 3.8) is 0 Å². The van der Waals surface area contributed by atoms with Crippen molar-refractivity contribution >= 4 is 17.3 Å². The van der Waals surface area contributed by atoms with Gasteiger partial charge in [-0.2, -0.15) is 0 Å². The highest BCUT2D eigenvalue weighted by molar-refractivity contribution is 7.07. The van der Waals surface area contributed by atoms with E-state index < -0.39 is 5.97 Å². The molecule has 0 aliphatic carbocycles. The summed E-state index contributed by atoms with van der Waals surface area (Å²) in [6.45, 7) is 2.53. The number of carbonyl (C=O) groups is 1. The van der Waals surface area contributed by atoms with Gasteiger partial charge in [0, 0.05) is 25.0 Å². The van der Waals surface area contributed by atoms with Gasteiger partial charge in [-0.25, -0.2) is 14.5 Å². The van der Waals surface area contributed by atoms with Crippen LogP contribution in [0.4, 0.5) is 0 Å². The summed E-state index contributed by atoms with van der Waals surface area (Å²) >= 11 is 1.59. The van der Waals surface area contributed by atoms with Gasteiger partial charge in [-0.05, 0) is 0 Å². The van der Waals surface area contributed by atoms with Gasteiger partial charge < -0.3 is 5.11 Å². The molecule has 2 aromatic rings. The predicted octanol–water partition coefficient (Wildman–Crippen LogP) is 0.490. The van der Waals surface area contributed by atoms with Crippen LogP contribution in [0.5, 0.6) is 0 Å². The predicted molar refractivity (Wildman–Crippen MR) is 63.4 cm³/mol. The smallest absolute Gasteiger partial charge is 0.358 e. The SMILES string of the molecule is O=C(O)c1cn(C2CN(Cc3cscn3)C2)nn1. The van der Waals surface area contributed by atoms with Crippen LogP contribution >= 0.6 is 11.3 Å². The van der Waals surface area contributed by atoms with Crippen molar-refractivity contribution < 1.29 is 9.90 Å². The Kier molecular flexibility index (Phi) is 2.80. The van der Waals surface area contributed by atoms with Crippen LogP contribution < -0.4 is 0 Å². The van der Waals surface area contributed by atoms with Gasteiger partial charge in [0.25, 0.3) is 0 Å². The summed E-state index contributed by atoms with van der Waals surface area (Å²) in [6, 6.07) is 0.212. The number of aromatic carboxylic acids is 1. The van der Waals surface area contributed by atoms with Crippen LogP contribution in [0.2, 0.25) is 0 Å². The van der Waals surface area contributed by atoms with Crippen molar-refractivity contribution in [2.45, 2.75) is 12.6 Å². The largest absolute Gasteiger partial charge is 0.476 e. The zero-order valence-corrected chi connectivity index (χ0v) is 10.2. The maximum atomic E-state index is 10.7. The van der Waals surface area contributed by atoms with E-state index in [1.54, 1.807) is 16.0 Å². The molecule has 0 saturated carbocycles. The lowest BCUT2D eigenvalue weighted by molar-refractivity contribution is 0.0690. The van der Waals surface area contributed by atoms with E-state index in [0.717, 1.165) is 25.3 Å². The molecule has 3 rings (SSSR count). The Labute approximate surface area is 107 Å². The number of likely N-dealkylation sites (tertiary alicyclic amines) is 1. The van der Waals surface area contributed by atoms with Crippen LogP contribution in [-0.2, 0) is 6.54 Å². The second-order valence-corrected chi connectivity index (χ2v) is 4.94. The van der Waals surface area contributed by atoms with Crippen molar-refractivity contribution in [2.24, 2.45) is 0 Å². The van der Waals surface area contributed by atoms with Crippen molar-refractivity contribution in [3.05, 3.63) is 28.5 Å². The molecule has 1 aliphatic heterocycles. The van der Waals surface area contributed by atoms with Crippen molar-refractivity contribution in [2.75, 3.05) is 13.1 Å². The van der Waals surface area contributed by atoms with E-state index in [-0.39, 0.29) is 11.7 Å². The van der Waals surface area contributed by atoms with Gasteiger partial charge in [-0.1, -0.05) is 5.21 Å². The van der Waals surface area contributed by atoms with Gasteiger partial charge in [0.15, 0.2) is 5.69 Å². The highest BCUT2D eigenvalue weighted by atomic mass is 32.1. The molecule has 1 aliphatic rings. The van der Waals surface area contributed by atoms with Gasteiger partial charge in [0.05, 0.1) is 23.4 Å². The van der Waals surface area contributed by atoms with E-state index in [4.69, 9.17) is 5.11 Å². The minimum Gasteiger partial charge on any atom is -0.476 e. The maximum absolute atomic E-state index is 10.7. The monoisotopic (exact) mass is 265 g/mol. The molecule has 7 nitrogen and oxygen atoms in total. The first kappa shape index (κ1) is 11.3. The van der Waals surface area contributed by atoms with Crippen LogP contribution in [0.15, 0.2) is 17.1 Å². The van der Waals surface area contributed by atoms with Crippen molar-refractivity contribution in [1.29, 1.82) is 0 Å². The van der Waals surface area contributed by atoms with E-state index in [1.807, 2.05) is 10.9 Å². The summed E-state index contributed by atoms with van der Waals surface area (Å²) < 4.78 is 1.63. The standard InChI is InChI=1S/C10H11N5O2S/c16-10(17)9-4-15(13-12-9)8-2-14(3-8)1-7-5-18-6-11-7/h4-6,8H,1-3H2,(H,16,17). The molecular formula is C10H11N5O2S. The summed E-state index contributed by atoms with van der Waals surface area (Å²) in [7, 11) is 0. The number of carboxylic acid groups (broad SMARTS) is 1. The molecule has 0 atom stereocenters. The Bertz CT molecular complexity index is 546. The van der Waals surface area contributed by atoms with Crippen LogP contribution in [0.3, 0.4) is 0 Å². The normalized spacial score (nSPS) is 16.7. The second-order valence-electron chi connectivity index (χ2n) is 4.22. The maximum Gasteiger partial charge on any atom is 0.358 e. The molecule has 0 unspecified atom stereocenters. The van der Waals surface area contributed by atoms with Crippen LogP contribution in [0, 0.1) is 0 Å². The number of nitrogens with zero attached hydrogens (tertiary/aromatic N) is 5. The van der Waals surface area contributed by atoms with Gasteiger partial charge >= 0.3 is 5.97 Å². The second kappa shape index (κ2) is 4.46. The number of carboxylic acids is 1. The third-order valence-corrected chi connectivity index (χ3v) is 3.55. The van der Waals surface area contributed by atoms with Gasteiger partial charge in [0.1, 0.15) is 0 Å². The molecular weight excluding hydrogens is 254 g/mol. The van der Waals surface area contributed by atoms with E-state index >= 15 is 0 Å². The third-order valence-electron chi connectivity index (χ3n) is 2.91. The molecule has 94 valence electrons. The van der Waals surface area contributed by atoms with Crippen LogP contribution in [-0.4, -0.2) is 49.0 Å². The lowest BCUT2D eigenvalue weighted by Gasteiger charge is -2.38. The Balaban J connectivity index is 1.56. The molecule has 1 fully saturated rings. The van der Waals surface area contributed by atoms with Crippen molar-refractivity contribution in [1.82, 2.24) is 24.9 Å². The average Bonchev–Trinajstić information content (AvgIpc) is 2.94. The lowest BCUT2D eigenvalue weighted by Crippen LogP contribution is -2.47. The molecule has 2 aromatic heterocycles. The van der Waals surface area contributed by atoms with Crippen molar-refractivity contribution in [3.8, 4) is 0 Å². The number of rotatable bonds is 4. The summed E-state index contributed by atoms with van der Waals surface area (Å²) in [5.74, 6) is -1.04. The Morgan fingerprint density at radius 1 is 1.56 bits per heavy atom. The quantitative estimate of drug-likeness (QED) is 0.866. The summed E-state index contributed by atoms with van der Waals surface area (Å²) in [6.07, 6.45) is 1.48. The van der Waals surface area contributed by atoms with E-state index in [2.05, 4.69) is 20.2 Å². The highest BCUT2D eigenvalue weighted by Crippen LogP contribution is 2.22. The Morgan fingerprint density at radius 2 is 2.39 bits per heavy atom. The molecule has 0 aromatic carbocycles. The molecule has 3 heterocycles. The molecule has 1 N–H and O–H groups in total. The molecule has 0 amide bonds. The summed E-state index contributed by atoms with van der Waals surface area (Å²) in [5.41, 5.74) is 2.89. The fourth-order valence-electron chi connectivity index (χ4n) is 1.94. The first-order valence-electron chi connectivity index (χ1n) is 5.47. The first-order valence-corrected chi connectivity index (χ1v) is 6.41. The number of aromatic nitrogens is 4. The minimum atomic E-state index is -1.04. The van der Waals surface area contributed by atoms with E-state index in [0.29, 0.717) is 0 Å². The van der Waals surface area contributed by atoms with Crippen LogP contribution in [0.1, 0.15) is 22.2 Å². The van der Waals surface area contributed by atoms with Gasteiger partial charge in [-0.3, -0.25) is 4.90 Å². The zero-order valence-electron chi connectivity index (χ0n) is 9.43. The highest BCUT2D eigenvalue weighted by Gasteiger charge is 2.29. The van der Waals surface area contributed by atoms with E-state index in [9.17, 15) is 4.79 Å². The summed E-state index contributed by atoms with van der Waals surface area (Å²) in [5, 5.41) is 18.2. The fourth-order valence-corrected chi connectivity index (χ4v) is 2.49. The van der Waals surface area contributed by atoms with Gasteiger partial charge in [0.2, 0.25) is 0 Å². The number of thiazole rings is 1. The fraction of sp³-hybridized carbons (Fsp3) is 0.400.